The van der Waals surface area contributed by atoms with E-state index in [1.165, 1.54) is 0 Å². The van der Waals surface area contributed by atoms with Gasteiger partial charge in [-0.25, -0.2) is 9.97 Å². The van der Waals surface area contributed by atoms with E-state index in [2.05, 4.69) is 20.6 Å². The fourth-order valence-corrected chi connectivity index (χ4v) is 1.51. The zero-order valence-corrected chi connectivity index (χ0v) is 10.5. The van der Waals surface area contributed by atoms with Crippen molar-refractivity contribution in [3.05, 3.63) is 12.4 Å². The number of hydrogen-bond donors (Lipinski definition) is 2. The molecule has 1 aromatic rings. The van der Waals surface area contributed by atoms with Gasteiger partial charge in [-0.2, -0.15) is 0 Å². The van der Waals surface area contributed by atoms with Crippen LogP contribution in [0.25, 0.3) is 0 Å². The van der Waals surface area contributed by atoms with E-state index >= 15 is 0 Å². The highest BCUT2D eigenvalue weighted by molar-refractivity contribution is 7.98. The number of thioether (sulfide) groups is 1. The van der Waals surface area contributed by atoms with Crippen LogP contribution >= 0.6 is 11.8 Å². The van der Waals surface area contributed by atoms with Gasteiger partial charge in [-0.3, -0.25) is 0 Å². The molecular weight excluding hydrogens is 224 g/mol. The molecule has 0 unspecified atom stereocenters. The van der Waals surface area contributed by atoms with Gasteiger partial charge in [0.15, 0.2) is 0 Å². The van der Waals surface area contributed by atoms with Gasteiger partial charge in [0, 0.05) is 32.8 Å². The van der Waals surface area contributed by atoms with Crippen molar-refractivity contribution >= 4 is 17.6 Å². The van der Waals surface area contributed by atoms with Crippen LogP contribution in [0, 0.1) is 0 Å². The lowest BCUT2D eigenvalue weighted by atomic mass is 10.5. The lowest BCUT2D eigenvalue weighted by molar-refractivity contribution is 0.200. The van der Waals surface area contributed by atoms with Gasteiger partial charge in [0.25, 0.3) is 0 Å². The van der Waals surface area contributed by atoms with Gasteiger partial charge < -0.3 is 15.4 Å². The average molecular weight is 242 g/mol. The van der Waals surface area contributed by atoms with E-state index in [-0.39, 0.29) is 0 Å². The minimum atomic E-state index is 0.740. The highest BCUT2D eigenvalue weighted by atomic mass is 32.2. The normalized spacial score (nSPS) is 10.4. The second-order valence-electron chi connectivity index (χ2n) is 3.12. The Balaban J connectivity index is 2.16. The summed E-state index contributed by atoms with van der Waals surface area (Å²) in [5.41, 5.74) is 0. The second kappa shape index (κ2) is 8.32. The fraction of sp³-hybridized carbons (Fsp3) is 0.600. The molecule has 0 aliphatic carbocycles. The number of nitrogens with zero attached hydrogens (tertiary/aromatic N) is 2. The SMILES string of the molecule is COCCNCCNc1cc(SC)ncn1. The van der Waals surface area contributed by atoms with Gasteiger partial charge >= 0.3 is 0 Å². The van der Waals surface area contributed by atoms with Crippen LogP contribution in [-0.2, 0) is 4.74 Å². The molecule has 6 heteroatoms. The van der Waals surface area contributed by atoms with Gasteiger partial charge in [-0.15, -0.1) is 11.8 Å². The Morgan fingerprint density at radius 2 is 2.19 bits per heavy atom. The van der Waals surface area contributed by atoms with Crippen molar-refractivity contribution in [1.82, 2.24) is 15.3 Å². The molecule has 0 fully saturated rings. The third-order valence-corrected chi connectivity index (χ3v) is 2.58. The summed E-state index contributed by atoms with van der Waals surface area (Å²) in [6.07, 6.45) is 3.57. The molecule has 90 valence electrons. The van der Waals surface area contributed by atoms with Crippen LogP contribution in [0.5, 0.6) is 0 Å². The van der Waals surface area contributed by atoms with Gasteiger partial charge in [0.1, 0.15) is 17.2 Å². The molecule has 0 saturated carbocycles. The summed E-state index contributed by atoms with van der Waals surface area (Å²) in [6.45, 7) is 3.35. The fourth-order valence-electron chi connectivity index (χ4n) is 1.13. The Labute approximate surface area is 100 Å². The lowest BCUT2D eigenvalue weighted by Gasteiger charge is -2.07. The summed E-state index contributed by atoms with van der Waals surface area (Å²) in [4.78, 5) is 8.24. The minimum Gasteiger partial charge on any atom is -0.383 e. The first-order valence-electron chi connectivity index (χ1n) is 5.16. The number of hydrogen-bond acceptors (Lipinski definition) is 6. The maximum Gasteiger partial charge on any atom is 0.130 e. The molecule has 0 spiro atoms. The first-order valence-corrected chi connectivity index (χ1v) is 6.39. The molecule has 16 heavy (non-hydrogen) atoms. The van der Waals surface area contributed by atoms with E-state index in [1.54, 1.807) is 25.2 Å². The maximum atomic E-state index is 4.93. The highest BCUT2D eigenvalue weighted by Gasteiger charge is 1.96. The average Bonchev–Trinajstić information content (AvgIpc) is 2.34. The van der Waals surface area contributed by atoms with Crippen LogP contribution in [0.2, 0.25) is 0 Å². The quantitative estimate of drug-likeness (QED) is 0.400. The van der Waals surface area contributed by atoms with Crippen LogP contribution in [0.4, 0.5) is 5.82 Å². The Bertz CT molecular complexity index is 298. The summed E-state index contributed by atoms with van der Waals surface area (Å²) in [5.74, 6) is 0.868. The smallest absolute Gasteiger partial charge is 0.130 e. The Hall–Kier alpha value is -0.850. The number of anilines is 1. The molecule has 0 saturated heterocycles. The number of rotatable bonds is 8. The van der Waals surface area contributed by atoms with Gasteiger partial charge in [-0.1, -0.05) is 0 Å². The van der Waals surface area contributed by atoms with Crippen molar-refractivity contribution in [2.75, 3.05) is 44.9 Å². The van der Waals surface area contributed by atoms with Crippen LogP contribution < -0.4 is 10.6 Å². The topological polar surface area (TPSA) is 59.1 Å². The molecule has 1 rings (SSSR count). The monoisotopic (exact) mass is 242 g/mol. The zero-order valence-electron chi connectivity index (χ0n) is 9.69. The third-order valence-electron chi connectivity index (χ3n) is 1.94. The van der Waals surface area contributed by atoms with E-state index in [0.717, 1.165) is 37.1 Å². The number of methoxy groups -OCH3 is 1. The largest absolute Gasteiger partial charge is 0.383 e. The van der Waals surface area contributed by atoms with Crippen molar-refractivity contribution in [1.29, 1.82) is 0 Å². The molecule has 1 aromatic heterocycles. The van der Waals surface area contributed by atoms with Gasteiger partial charge in [0.2, 0.25) is 0 Å². The molecule has 0 aromatic carbocycles. The molecule has 0 aliphatic rings. The molecular formula is C10H18N4OS. The summed E-state index contributed by atoms with van der Waals surface area (Å²) in [5, 5.41) is 7.45. The first kappa shape index (κ1) is 13.2. The standard InChI is InChI=1S/C10H18N4OS/c1-15-6-5-11-3-4-12-9-7-10(16-2)14-8-13-9/h7-8,11H,3-6H2,1-2H3,(H,12,13,14). The molecule has 0 atom stereocenters. The van der Waals surface area contributed by atoms with Crippen LogP contribution in [0.3, 0.4) is 0 Å². The lowest BCUT2D eigenvalue weighted by Crippen LogP contribution is -2.25. The minimum absolute atomic E-state index is 0.740. The maximum absolute atomic E-state index is 4.93. The molecule has 5 nitrogen and oxygen atoms in total. The highest BCUT2D eigenvalue weighted by Crippen LogP contribution is 2.12. The number of aromatic nitrogens is 2. The summed E-state index contributed by atoms with van der Waals surface area (Å²) >= 11 is 1.61. The van der Waals surface area contributed by atoms with Crippen molar-refractivity contribution in [2.45, 2.75) is 5.03 Å². The summed E-state index contributed by atoms with van der Waals surface area (Å²) in [7, 11) is 1.70. The van der Waals surface area contributed by atoms with Crippen LogP contribution in [0.1, 0.15) is 0 Å². The van der Waals surface area contributed by atoms with E-state index in [4.69, 9.17) is 4.74 Å². The molecule has 0 bridgehead atoms. The van der Waals surface area contributed by atoms with E-state index < -0.39 is 0 Å². The van der Waals surface area contributed by atoms with Crippen LogP contribution in [0.15, 0.2) is 17.4 Å². The van der Waals surface area contributed by atoms with Crippen molar-refractivity contribution in [3.8, 4) is 0 Å². The Kier molecular flexibility index (Phi) is 6.87. The summed E-state index contributed by atoms with van der Waals surface area (Å²) in [6, 6.07) is 1.94. The molecule has 0 amide bonds. The number of ether oxygens (including phenoxy) is 1. The third kappa shape index (κ3) is 5.29. The zero-order chi connectivity index (χ0) is 11.6. The predicted molar refractivity (Wildman–Crippen MR) is 67.0 cm³/mol. The van der Waals surface area contributed by atoms with Gasteiger partial charge in [0.05, 0.1) is 6.61 Å². The number of nitrogens with one attached hydrogen (secondary N) is 2. The summed E-state index contributed by atoms with van der Waals surface area (Å²) < 4.78 is 4.93. The molecule has 0 radical (unpaired) electrons. The molecule has 2 N–H and O–H groups in total. The van der Waals surface area contributed by atoms with Crippen molar-refractivity contribution < 1.29 is 4.74 Å². The molecule has 1 heterocycles. The van der Waals surface area contributed by atoms with Crippen LogP contribution in [-0.4, -0.2) is 49.6 Å². The van der Waals surface area contributed by atoms with E-state index in [9.17, 15) is 0 Å². The molecule has 0 aliphatic heterocycles. The first-order chi connectivity index (χ1) is 7.86. The Morgan fingerprint density at radius 3 is 2.94 bits per heavy atom. The Morgan fingerprint density at radius 1 is 1.31 bits per heavy atom. The predicted octanol–water partition coefficient (Wildman–Crippen LogP) is 0.846. The van der Waals surface area contributed by atoms with E-state index in [1.807, 2.05) is 12.3 Å². The van der Waals surface area contributed by atoms with Crippen molar-refractivity contribution in [3.63, 3.8) is 0 Å². The second-order valence-corrected chi connectivity index (χ2v) is 3.94. The van der Waals surface area contributed by atoms with Crippen molar-refractivity contribution in [2.24, 2.45) is 0 Å². The van der Waals surface area contributed by atoms with Gasteiger partial charge in [-0.05, 0) is 6.26 Å². The van der Waals surface area contributed by atoms with E-state index in [0.29, 0.717) is 0 Å².